The number of piperidine rings is 1. The molecule has 3 fully saturated rings. The molecule has 350 valence electrons. The van der Waals surface area contributed by atoms with Crippen LogP contribution in [0.5, 0.6) is 40.2 Å². The Kier molecular flexibility index (Phi) is 12.2. The zero-order valence-electron chi connectivity index (χ0n) is 38.2. The number of rotatable bonds is 14. The van der Waals surface area contributed by atoms with E-state index in [2.05, 4.69) is 20.3 Å². The third-order valence-corrected chi connectivity index (χ3v) is 13.7. The number of H-pyrrole nitrogens is 1. The van der Waals surface area contributed by atoms with Crippen molar-refractivity contribution in [1.82, 2.24) is 30.2 Å². The van der Waals surface area contributed by atoms with Crippen molar-refractivity contribution in [2.75, 3.05) is 47.8 Å². The second kappa shape index (κ2) is 18.7. The van der Waals surface area contributed by atoms with Gasteiger partial charge >= 0.3 is 6.09 Å². The normalized spacial score (nSPS) is 19.6. The summed E-state index contributed by atoms with van der Waals surface area (Å²) in [5.74, 6) is 3.91. The summed E-state index contributed by atoms with van der Waals surface area (Å²) >= 11 is 0. The van der Waals surface area contributed by atoms with Crippen LogP contribution in [0, 0.1) is 24.7 Å². The number of carbonyl (C=O) groups excluding carboxylic acids is 3. The first-order valence-electron chi connectivity index (χ1n) is 23.1. The van der Waals surface area contributed by atoms with E-state index in [0.717, 1.165) is 55.4 Å². The summed E-state index contributed by atoms with van der Waals surface area (Å²) in [6, 6.07) is 15.6. The molecule has 5 aromatic rings. The van der Waals surface area contributed by atoms with Crippen molar-refractivity contribution in [3.05, 3.63) is 77.7 Å². The number of fused-ring (bicyclic) bond motifs is 3. The van der Waals surface area contributed by atoms with Crippen LogP contribution in [0.1, 0.15) is 68.2 Å². The summed E-state index contributed by atoms with van der Waals surface area (Å²) in [5, 5.41) is 9.68. The van der Waals surface area contributed by atoms with E-state index < -0.39 is 12.1 Å². The van der Waals surface area contributed by atoms with Crippen LogP contribution in [-0.4, -0.2) is 108 Å². The molecule has 3 aliphatic heterocycles. The minimum Gasteiger partial charge on any atom is -0.497 e. The Morgan fingerprint density at radius 3 is 2.37 bits per heavy atom. The Morgan fingerprint density at radius 2 is 1.63 bits per heavy atom. The molecule has 17 nitrogen and oxygen atoms in total. The maximum absolute atomic E-state index is 14.6. The number of aromatic amines is 1. The highest BCUT2D eigenvalue weighted by Crippen LogP contribution is 2.49. The van der Waals surface area contributed by atoms with Crippen molar-refractivity contribution in [2.45, 2.75) is 76.8 Å². The van der Waals surface area contributed by atoms with E-state index in [1.54, 1.807) is 38.2 Å². The number of methoxy groups -OCH3 is 3. The molecule has 67 heavy (non-hydrogen) atoms. The molecule has 10 rings (SSSR count). The number of amides is 3. The topological polar surface area (TPSA) is 188 Å². The number of likely N-dealkylation sites (tertiary alicyclic amines) is 1. The monoisotopic (exact) mass is 913 g/mol. The van der Waals surface area contributed by atoms with E-state index >= 15 is 0 Å². The van der Waals surface area contributed by atoms with Gasteiger partial charge in [0.2, 0.25) is 18.6 Å². The van der Waals surface area contributed by atoms with Gasteiger partial charge in [-0.15, -0.1) is 0 Å². The van der Waals surface area contributed by atoms with Crippen LogP contribution in [0.15, 0.2) is 66.0 Å². The quantitative estimate of drug-likeness (QED) is 0.114. The van der Waals surface area contributed by atoms with Gasteiger partial charge in [-0.2, -0.15) is 5.10 Å². The van der Waals surface area contributed by atoms with Gasteiger partial charge in [-0.05, 0) is 99.4 Å². The lowest BCUT2D eigenvalue weighted by molar-refractivity contribution is -0.143. The smallest absolute Gasteiger partial charge is 0.413 e. The summed E-state index contributed by atoms with van der Waals surface area (Å²) in [6.07, 6.45) is 7.78. The van der Waals surface area contributed by atoms with Crippen LogP contribution in [0.4, 0.5) is 4.79 Å². The molecular weight excluding hydrogens is 859 g/mol. The largest absolute Gasteiger partial charge is 0.497 e. The number of aromatic nitrogens is 3. The number of hydrogen-bond acceptors (Lipinski definition) is 13. The minimum atomic E-state index is -0.988. The predicted octanol–water partition coefficient (Wildman–Crippen LogP) is 7.22. The molecule has 3 aromatic carbocycles. The van der Waals surface area contributed by atoms with Gasteiger partial charge in [0.1, 0.15) is 35.1 Å². The molecule has 2 saturated carbocycles. The van der Waals surface area contributed by atoms with E-state index in [-0.39, 0.29) is 48.7 Å². The highest BCUT2D eigenvalue weighted by molar-refractivity contribution is 6.07. The molecule has 17 heteroatoms. The van der Waals surface area contributed by atoms with E-state index in [4.69, 9.17) is 38.3 Å². The number of benzene rings is 3. The molecular formula is C50H55N7O10. The summed E-state index contributed by atoms with van der Waals surface area (Å²) in [7, 11) is 4.81. The molecule has 3 amide bonds. The molecule has 0 radical (unpaired) electrons. The zero-order chi connectivity index (χ0) is 46.2. The maximum atomic E-state index is 14.6. The Labute approximate surface area is 388 Å². The van der Waals surface area contributed by atoms with Crippen molar-refractivity contribution in [1.29, 1.82) is 0 Å². The Balaban J connectivity index is 0.879. The average Bonchev–Trinajstić information content (AvgIpc) is 3.98. The third kappa shape index (κ3) is 8.74. The predicted molar refractivity (Wildman–Crippen MR) is 246 cm³/mol. The van der Waals surface area contributed by atoms with Crippen molar-refractivity contribution < 1.29 is 47.5 Å². The highest BCUT2D eigenvalue weighted by atomic mass is 16.7. The fourth-order valence-electron chi connectivity index (χ4n) is 9.91. The van der Waals surface area contributed by atoms with Crippen molar-refractivity contribution in [3.63, 3.8) is 0 Å². The molecule has 0 spiro atoms. The number of hydrazone groups is 1. The molecule has 2 aromatic heterocycles. The second-order valence-electron chi connectivity index (χ2n) is 17.9. The molecule has 3 atom stereocenters. The van der Waals surface area contributed by atoms with Crippen LogP contribution in [0.3, 0.4) is 0 Å². The van der Waals surface area contributed by atoms with Crippen molar-refractivity contribution >= 4 is 34.7 Å². The summed E-state index contributed by atoms with van der Waals surface area (Å²) in [5.41, 5.74) is 5.13. The summed E-state index contributed by atoms with van der Waals surface area (Å²) < 4.78 is 40.5. The number of hydrogen-bond donors (Lipinski definition) is 2. The number of ether oxygens (including phenoxy) is 7. The van der Waals surface area contributed by atoms with Gasteiger partial charge in [-0.25, -0.2) is 19.8 Å². The molecule has 2 aliphatic carbocycles. The number of nitrogens with zero attached hydrogens (tertiary/aromatic N) is 5. The fourth-order valence-corrected chi connectivity index (χ4v) is 9.91. The lowest BCUT2D eigenvalue weighted by Gasteiger charge is -2.43. The molecule has 0 bridgehead atoms. The second-order valence-corrected chi connectivity index (χ2v) is 17.9. The first kappa shape index (κ1) is 43.8. The highest BCUT2D eigenvalue weighted by Gasteiger charge is 2.44. The zero-order valence-corrected chi connectivity index (χ0v) is 38.2. The van der Waals surface area contributed by atoms with E-state index in [9.17, 15) is 14.4 Å². The fraction of sp³-hybridized carbons (Fsp3) is 0.440. The van der Waals surface area contributed by atoms with Crippen LogP contribution >= 0.6 is 0 Å². The molecule has 2 N–H and O–H groups in total. The lowest BCUT2D eigenvalue weighted by atomic mass is 9.73. The van der Waals surface area contributed by atoms with Gasteiger partial charge < -0.3 is 48.4 Å². The van der Waals surface area contributed by atoms with E-state index in [0.29, 0.717) is 101 Å². The molecule has 1 saturated heterocycles. The van der Waals surface area contributed by atoms with Gasteiger partial charge in [0, 0.05) is 36.9 Å². The Hall–Kier alpha value is -7.04. The standard InChI is InChI=1S/C50H55N7O10/c1-28-46(45-44(53-28)43(51-26-52-45)41-38(64-25-30-9-10-30)17-18-39-47(41)66-27-65-39)67-50(60)54-36(23-29-11-14-33(61-2)15-12-29)49(59)56-21-19-32(20-22-56)57-48(58)35-8-6-5-7-34(35)42(55-57)31-13-16-37(62-3)40(24-31)63-4/h11-18,24,26,30,32,34-36,53H,5-10,19-23,25,27H2,1-4H3,(H,54,60)/t34-,35+,36-/m0/s1. The lowest BCUT2D eigenvalue weighted by Crippen LogP contribution is -2.56. The van der Waals surface area contributed by atoms with Crippen LogP contribution in [0.25, 0.3) is 22.3 Å². The van der Waals surface area contributed by atoms with Gasteiger partial charge in [0.15, 0.2) is 28.7 Å². The number of aryl methyl sites for hydroxylation is 1. The first-order valence-corrected chi connectivity index (χ1v) is 23.1. The van der Waals surface area contributed by atoms with E-state index in [1.165, 1.54) is 6.33 Å². The number of carbonyl (C=O) groups is 3. The van der Waals surface area contributed by atoms with Gasteiger partial charge in [0.25, 0.3) is 0 Å². The van der Waals surface area contributed by atoms with Crippen molar-refractivity contribution in [2.24, 2.45) is 22.9 Å². The van der Waals surface area contributed by atoms with Crippen LogP contribution in [0.2, 0.25) is 0 Å². The average molecular weight is 914 g/mol. The summed E-state index contributed by atoms with van der Waals surface area (Å²) in [6.45, 7) is 3.14. The first-order chi connectivity index (χ1) is 32.7. The molecule has 5 heterocycles. The summed E-state index contributed by atoms with van der Waals surface area (Å²) in [4.78, 5) is 57.1. The van der Waals surface area contributed by atoms with Crippen LogP contribution < -0.4 is 38.5 Å². The molecule has 0 unspecified atom stereocenters. The van der Waals surface area contributed by atoms with Crippen LogP contribution in [-0.2, 0) is 16.0 Å². The Morgan fingerprint density at radius 1 is 0.866 bits per heavy atom. The third-order valence-electron chi connectivity index (χ3n) is 13.7. The molecule has 5 aliphatic rings. The maximum Gasteiger partial charge on any atom is 0.413 e. The van der Waals surface area contributed by atoms with Gasteiger partial charge in [0.05, 0.1) is 56.5 Å². The SMILES string of the molecule is COc1ccc(C[C@H](NC(=O)Oc2c(C)[nH]c3c(-c4c(OCC5CC5)ccc5c4OCO5)ncnc23)C(=O)N2CCC(N3N=C(c4ccc(OC)c(OC)c4)[C@H]4CCCC[C@H]4C3=O)CC2)cc1. The van der Waals surface area contributed by atoms with E-state index in [1.807, 2.05) is 54.6 Å². The van der Waals surface area contributed by atoms with Gasteiger partial charge in [-0.3, -0.25) is 9.59 Å². The van der Waals surface area contributed by atoms with Crippen molar-refractivity contribution in [3.8, 4) is 51.5 Å². The van der Waals surface area contributed by atoms with Gasteiger partial charge in [-0.1, -0.05) is 25.0 Å². The minimum absolute atomic E-state index is 0.0163. The number of nitrogens with one attached hydrogen (secondary N) is 2. The Bertz CT molecular complexity index is 2710.